The maximum atomic E-state index is 6.08. The molecule has 0 spiro atoms. The van der Waals surface area contributed by atoms with Crippen LogP contribution in [-0.4, -0.2) is 18.1 Å². The van der Waals surface area contributed by atoms with Crippen LogP contribution in [0, 0.1) is 5.92 Å². The van der Waals surface area contributed by atoms with E-state index in [1.807, 2.05) is 18.2 Å². The van der Waals surface area contributed by atoms with Gasteiger partial charge in [-0.3, -0.25) is 0 Å². The number of rotatable bonds is 6. The molecule has 0 aliphatic heterocycles. The Morgan fingerprint density at radius 1 is 1.40 bits per heavy atom. The first-order valence-electron chi connectivity index (χ1n) is 6.67. The van der Waals surface area contributed by atoms with E-state index in [1.54, 1.807) is 6.20 Å². The van der Waals surface area contributed by atoms with Crippen molar-refractivity contribution in [1.82, 2.24) is 10.3 Å². The highest BCUT2D eigenvalue weighted by Crippen LogP contribution is 2.29. The number of aromatic nitrogens is 1. The molecule has 2 aromatic rings. The summed E-state index contributed by atoms with van der Waals surface area (Å²) in [5.41, 5.74) is 0.937. The first-order valence-corrected chi connectivity index (χ1v) is 7.84. The summed E-state index contributed by atoms with van der Waals surface area (Å²) in [4.78, 5) is 4.30. The Balaban J connectivity index is 1.96. The molecule has 1 aromatic heterocycles. The largest absolute Gasteiger partial charge is 0.441 e. The lowest BCUT2D eigenvalue weighted by Crippen LogP contribution is -2.22. The lowest BCUT2D eigenvalue weighted by Gasteiger charge is -2.05. The smallest absolute Gasteiger partial charge is 0.196 e. The molecular formula is C15H18BrClN2O. The van der Waals surface area contributed by atoms with Gasteiger partial charge in [0.05, 0.1) is 11.2 Å². The van der Waals surface area contributed by atoms with Crippen molar-refractivity contribution >= 4 is 27.5 Å². The number of nitrogens with zero attached hydrogens (tertiary/aromatic N) is 1. The normalized spacial score (nSPS) is 11.2. The van der Waals surface area contributed by atoms with Crippen LogP contribution in [0.3, 0.4) is 0 Å². The van der Waals surface area contributed by atoms with Gasteiger partial charge in [0.15, 0.2) is 11.7 Å². The second kappa shape index (κ2) is 7.25. The van der Waals surface area contributed by atoms with Gasteiger partial charge in [0.1, 0.15) is 0 Å². The van der Waals surface area contributed by atoms with E-state index < -0.39 is 0 Å². The summed E-state index contributed by atoms with van der Waals surface area (Å²) in [6.07, 6.45) is 2.54. The molecule has 1 N–H and O–H groups in total. The Labute approximate surface area is 132 Å². The van der Waals surface area contributed by atoms with Gasteiger partial charge in [0.2, 0.25) is 0 Å². The van der Waals surface area contributed by atoms with E-state index in [2.05, 4.69) is 40.1 Å². The summed E-state index contributed by atoms with van der Waals surface area (Å²) in [5, 5.41) is 4.04. The number of hydrogen-bond acceptors (Lipinski definition) is 3. The van der Waals surface area contributed by atoms with Crippen molar-refractivity contribution in [3.8, 4) is 11.3 Å². The van der Waals surface area contributed by atoms with Crippen LogP contribution in [0.2, 0.25) is 5.02 Å². The molecule has 0 bridgehead atoms. The van der Waals surface area contributed by atoms with Gasteiger partial charge in [-0.25, -0.2) is 4.98 Å². The maximum absolute atomic E-state index is 6.08. The van der Waals surface area contributed by atoms with Crippen molar-refractivity contribution in [1.29, 1.82) is 0 Å². The summed E-state index contributed by atoms with van der Waals surface area (Å²) < 4.78 is 6.62. The average Bonchev–Trinajstić information content (AvgIpc) is 2.86. The fourth-order valence-corrected chi connectivity index (χ4v) is 2.22. The van der Waals surface area contributed by atoms with Gasteiger partial charge in [-0.1, -0.05) is 25.4 Å². The molecule has 0 aliphatic rings. The van der Waals surface area contributed by atoms with E-state index in [4.69, 9.17) is 16.0 Å². The third-order valence-corrected chi connectivity index (χ3v) is 4.06. The first kappa shape index (κ1) is 15.5. The Bertz CT molecular complexity index is 569. The summed E-state index contributed by atoms with van der Waals surface area (Å²) in [7, 11) is 0. The van der Waals surface area contributed by atoms with Crippen molar-refractivity contribution in [2.24, 2.45) is 5.92 Å². The lowest BCUT2D eigenvalue weighted by atomic mass is 10.2. The maximum Gasteiger partial charge on any atom is 0.196 e. The van der Waals surface area contributed by atoms with Gasteiger partial charge in [-0.05, 0) is 46.6 Å². The molecule has 20 heavy (non-hydrogen) atoms. The molecule has 1 heterocycles. The molecule has 1 aromatic carbocycles. The molecule has 0 radical (unpaired) electrons. The van der Waals surface area contributed by atoms with E-state index in [0.29, 0.717) is 10.9 Å². The molecule has 0 atom stereocenters. The minimum atomic E-state index is 0.653. The molecule has 5 heteroatoms. The predicted molar refractivity (Wildman–Crippen MR) is 86.1 cm³/mol. The van der Waals surface area contributed by atoms with E-state index >= 15 is 0 Å². The van der Waals surface area contributed by atoms with E-state index in [0.717, 1.165) is 41.2 Å². The number of nitrogens with one attached hydrogen (secondary N) is 1. The van der Waals surface area contributed by atoms with Gasteiger partial charge in [0.25, 0.3) is 0 Å². The van der Waals surface area contributed by atoms with Gasteiger partial charge in [-0.2, -0.15) is 0 Å². The topological polar surface area (TPSA) is 38.1 Å². The van der Waals surface area contributed by atoms with Crippen molar-refractivity contribution in [3.63, 3.8) is 0 Å². The monoisotopic (exact) mass is 356 g/mol. The lowest BCUT2D eigenvalue weighted by molar-refractivity contribution is 0.483. The molecule has 0 unspecified atom stereocenters. The van der Waals surface area contributed by atoms with Crippen molar-refractivity contribution in [2.45, 2.75) is 20.3 Å². The van der Waals surface area contributed by atoms with Crippen LogP contribution < -0.4 is 5.32 Å². The van der Waals surface area contributed by atoms with Crippen LogP contribution in [0.4, 0.5) is 0 Å². The van der Waals surface area contributed by atoms with Gasteiger partial charge >= 0.3 is 0 Å². The van der Waals surface area contributed by atoms with Crippen LogP contribution in [0.1, 0.15) is 19.7 Å². The highest BCUT2D eigenvalue weighted by molar-refractivity contribution is 9.10. The van der Waals surface area contributed by atoms with Crippen LogP contribution in [0.25, 0.3) is 11.3 Å². The zero-order valence-electron chi connectivity index (χ0n) is 11.6. The molecule has 2 rings (SSSR count). The molecule has 0 fully saturated rings. The molecule has 0 saturated carbocycles. The summed E-state index contributed by atoms with van der Waals surface area (Å²) >= 11 is 9.46. The molecule has 0 amide bonds. The minimum absolute atomic E-state index is 0.653. The second-order valence-corrected chi connectivity index (χ2v) is 6.36. The Morgan fingerprint density at radius 2 is 2.20 bits per heavy atom. The molecule has 108 valence electrons. The summed E-state index contributed by atoms with van der Waals surface area (Å²) in [5.74, 6) is 2.15. The zero-order chi connectivity index (χ0) is 14.5. The van der Waals surface area contributed by atoms with E-state index in [9.17, 15) is 0 Å². The first-order chi connectivity index (χ1) is 9.56. The van der Waals surface area contributed by atoms with Gasteiger partial charge in [0, 0.05) is 23.0 Å². The fraction of sp³-hybridized carbons (Fsp3) is 0.400. The standard InChI is InChI=1S/C15H18BrClN2O/c1-10(2)8-18-6-5-15-19-9-14(20-15)11-3-4-12(16)13(17)7-11/h3-4,7,9-10,18H,5-6,8H2,1-2H3. The molecule has 3 nitrogen and oxygen atoms in total. The molecule has 0 saturated heterocycles. The third-order valence-electron chi connectivity index (χ3n) is 2.83. The van der Waals surface area contributed by atoms with Crippen molar-refractivity contribution < 1.29 is 4.42 Å². The second-order valence-electron chi connectivity index (χ2n) is 5.10. The number of halogens is 2. The van der Waals surface area contributed by atoms with Gasteiger partial charge < -0.3 is 9.73 Å². The molecule has 0 aliphatic carbocycles. The Hall–Kier alpha value is -0.840. The number of oxazole rings is 1. The quantitative estimate of drug-likeness (QED) is 0.771. The Kier molecular flexibility index (Phi) is 5.64. The highest BCUT2D eigenvalue weighted by Gasteiger charge is 2.08. The zero-order valence-corrected chi connectivity index (χ0v) is 14.0. The Morgan fingerprint density at radius 3 is 2.90 bits per heavy atom. The van der Waals surface area contributed by atoms with Crippen LogP contribution in [-0.2, 0) is 6.42 Å². The number of benzene rings is 1. The minimum Gasteiger partial charge on any atom is -0.441 e. The summed E-state index contributed by atoms with van der Waals surface area (Å²) in [6.45, 7) is 6.26. The fourth-order valence-electron chi connectivity index (χ4n) is 1.79. The van der Waals surface area contributed by atoms with E-state index in [1.165, 1.54) is 0 Å². The average molecular weight is 358 g/mol. The summed E-state index contributed by atoms with van der Waals surface area (Å²) in [6, 6.07) is 5.73. The highest BCUT2D eigenvalue weighted by atomic mass is 79.9. The van der Waals surface area contributed by atoms with Gasteiger partial charge in [-0.15, -0.1) is 0 Å². The van der Waals surface area contributed by atoms with E-state index in [-0.39, 0.29) is 0 Å². The van der Waals surface area contributed by atoms with Crippen LogP contribution >= 0.6 is 27.5 Å². The third kappa shape index (κ3) is 4.33. The van der Waals surface area contributed by atoms with Crippen molar-refractivity contribution in [2.75, 3.05) is 13.1 Å². The predicted octanol–water partition coefficient (Wildman–Crippen LogP) is 4.55. The molecular weight excluding hydrogens is 340 g/mol. The van der Waals surface area contributed by atoms with Crippen molar-refractivity contribution in [3.05, 3.63) is 39.8 Å². The number of hydrogen-bond donors (Lipinski definition) is 1. The van der Waals surface area contributed by atoms with Crippen LogP contribution in [0.15, 0.2) is 33.3 Å². The van der Waals surface area contributed by atoms with Crippen LogP contribution in [0.5, 0.6) is 0 Å². The SMILES string of the molecule is CC(C)CNCCc1ncc(-c2ccc(Br)c(Cl)c2)o1.